The molecular weight excluding hydrogens is 253 g/mol. The molecule has 0 saturated carbocycles. The van der Waals surface area contributed by atoms with Crippen LogP contribution in [-0.4, -0.2) is 18.3 Å². The number of carbonyl (C=O) groups excluding carboxylic acids is 2. The minimum atomic E-state index is -0.638. The molecular formula is C10H9Cl2NO3. The van der Waals surface area contributed by atoms with Gasteiger partial charge in [0.25, 0.3) is 5.91 Å². The summed E-state index contributed by atoms with van der Waals surface area (Å²) in [5.74, 6) is -0.681. The molecule has 0 aliphatic heterocycles. The van der Waals surface area contributed by atoms with Crippen LogP contribution >= 0.6 is 23.2 Å². The number of hydrogen-bond donors (Lipinski definition) is 1. The van der Waals surface area contributed by atoms with Crippen LogP contribution in [0.4, 0.5) is 0 Å². The minimum absolute atomic E-state index is 0.195. The third-order valence-electron chi connectivity index (χ3n) is 1.77. The molecule has 1 aromatic rings. The van der Waals surface area contributed by atoms with Crippen molar-refractivity contribution in [3.05, 3.63) is 27.7 Å². The highest BCUT2D eigenvalue weighted by Gasteiger charge is 2.13. The summed E-state index contributed by atoms with van der Waals surface area (Å²) in [6.07, 6.45) is 0. The first-order valence-corrected chi connectivity index (χ1v) is 5.08. The van der Waals surface area contributed by atoms with E-state index in [-0.39, 0.29) is 33.7 Å². The van der Waals surface area contributed by atoms with Crippen LogP contribution in [0.1, 0.15) is 17.3 Å². The van der Waals surface area contributed by atoms with Gasteiger partial charge >= 0.3 is 0 Å². The smallest absolute Gasteiger partial charge is 0.255 e. The lowest BCUT2D eigenvalue weighted by Gasteiger charge is -2.09. The molecule has 6 heteroatoms. The lowest BCUT2D eigenvalue weighted by atomic mass is 10.1. The zero-order valence-corrected chi connectivity index (χ0v) is 9.93. The van der Waals surface area contributed by atoms with Crippen molar-refractivity contribution in [1.29, 1.82) is 0 Å². The predicted octanol–water partition coefficient (Wildman–Crippen LogP) is 2.06. The third kappa shape index (κ3) is 3.12. The van der Waals surface area contributed by atoms with Gasteiger partial charge in [-0.3, -0.25) is 9.59 Å². The number of rotatable bonds is 4. The first-order valence-electron chi connectivity index (χ1n) is 4.33. The highest BCUT2D eigenvalue weighted by Crippen LogP contribution is 2.30. The number of primary amides is 1. The van der Waals surface area contributed by atoms with Crippen LogP contribution in [0.25, 0.3) is 0 Å². The van der Waals surface area contributed by atoms with Crippen LogP contribution in [0.5, 0.6) is 5.75 Å². The van der Waals surface area contributed by atoms with Gasteiger partial charge in [0.2, 0.25) is 0 Å². The summed E-state index contributed by atoms with van der Waals surface area (Å²) in [7, 11) is 0. The van der Waals surface area contributed by atoms with Gasteiger partial charge < -0.3 is 10.5 Å². The van der Waals surface area contributed by atoms with Gasteiger partial charge in [-0.15, -0.1) is 0 Å². The average molecular weight is 262 g/mol. The second-order valence-corrected chi connectivity index (χ2v) is 3.89. The quantitative estimate of drug-likeness (QED) is 0.844. The first-order chi connectivity index (χ1) is 7.41. The number of hydrogen-bond acceptors (Lipinski definition) is 3. The number of ketones is 1. The first kappa shape index (κ1) is 12.8. The molecule has 1 rings (SSSR count). The number of halogens is 2. The van der Waals surface area contributed by atoms with Gasteiger partial charge in [-0.1, -0.05) is 23.2 Å². The fourth-order valence-electron chi connectivity index (χ4n) is 1.07. The summed E-state index contributed by atoms with van der Waals surface area (Å²) < 4.78 is 5.06. The maximum atomic E-state index is 11.3. The molecule has 0 unspecified atom stereocenters. The van der Waals surface area contributed by atoms with Gasteiger partial charge in [0, 0.05) is 6.07 Å². The Morgan fingerprint density at radius 3 is 2.38 bits per heavy atom. The van der Waals surface area contributed by atoms with E-state index in [9.17, 15) is 9.59 Å². The molecule has 1 aromatic carbocycles. The standard InChI is InChI=1S/C10H9Cl2NO3/c1-5(14)6-2-7(11)8(12)3-9(6)16-4-10(13)15/h2-3H,4H2,1H3,(H2,13,15). The minimum Gasteiger partial charge on any atom is -0.483 e. The molecule has 0 fully saturated rings. The Balaban J connectivity index is 3.09. The molecule has 0 heterocycles. The van der Waals surface area contributed by atoms with Crippen molar-refractivity contribution in [1.82, 2.24) is 0 Å². The van der Waals surface area contributed by atoms with Gasteiger partial charge in [0.15, 0.2) is 12.4 Å². The van der Waals surface area contributed by atoms with Gasteiger partial charge in [-0.25, -0.2) is 0 Å². The van der Waals surface area contributed by atoms with Crippen LogP contribution in [0.15, 0.2) is 12.1 Å². The summed E-state index contributed by atoms with van der Waals surface area (Å²) in [6.45, 7) is 1.04. The molecule has 0 aliphatic rings. The number of carbonyl (C=O) groups is 2. The van der Waals surface area contributed by atoms with E-state index in [1.54, 1.807) is 0 Å². The van der Waals surface area contributed by atoms with E-state index in [1.165, 1.54) is 19.1 Å². The summed E-state index contributed by atoms with van der Waals surface area (Å²) in [5.41, 5.74) is 5.19. The van der Waals surface area contributed by atoms with Gasteiger partial charge in [-0.05, 0) is 13.0 Å². The molecule has 0 radical (unpaired) electrons. The normalized spacial score (nSPS) is 9.94. The average Bonchev–Trinajstić information content (AvgIpc) is 2.18. The molecule has 86 valence electrons. The van der Waals surface area contributed by atoms with Gasteiger partial charge in [0.05, 0.1) is 15.6 Å². The Labute approximate surface area is 102 Å². The van der Waals surface area contributed by atoms with E-state index in [0.717, 1.165) is 0 Å². The fraction of sp³-hybridized carbons (Fsp3) is 0.200. The lowest BCUT2D eigenvalue weighted by Crippen LogP contribution is -2.20. The number of nitrogens with two attached hydrogens (primary N) is 1. The van der Waals surface area contributed by atoms with Gasteiger partial charge in [0.1, 0.15) is 5.75 Å². The molecule has 16 heavy (non-hydrogen) atoms. The van der Waals surface area contributed by atoms with Gasteiger partial charge in [-0.2, -0.15) is 0 Å². The predicted molar refractivity (Wildman–Crippen MR) is 61.2 cm³/mol. The fourth-order valence-corrected chi connectivity index (χ4v) is 1.39. The number of amides is 1. The van der Waals surface area contributed by atoms with Crippen LogP contribution in [0.3, 0.4) is 0 Å². The Morgan fingerprint density at radius 2 is 1.88 bits per heavy atom. The second kappa shape index (κ2) is 5.18. The van der Waals surface area contributed by atoms with E-state index in [4.69, 9.17) is 33.7 Å². The largest absolute Gasteiger partial charge is 0.483 e. The van der Waals surface area contributed by atoms with Crippen LogP contribution in [-0.2, 0) is 4.79 Å². The monoisotopic (exact) mass is 261 g/mol. The highest BCUT2D eigenvalue weighted by molar-refractivity contribution is 6.42. The zero-order chi connectivity index (χ0) is 12.3. The molecule has 0 saturated heterocycles. The summed E-state index contributed by atoms with van der Waals surface area (Å²) in [5, 5.41) is 0.490. The highest BCUT2D eigenvalue weighted by atomic mass is 35.5. The molecule has 2 N–H and O–H groups in total. The van der Waals surface area contributed by atoms with Crippen molar-refractivity contribution in [2.75, 3.05) is 6.61 Å². The van der Waals surface area contributed by atoms with Crippen molar-refractivity contribution in [2.24, 2.45) is 5.73 Å². The van der Waals surface area contributed by atoms with E-state index < -0.39 is 5.91 Å². The van der Waals surface area contributed by atoms with E-state index in [2.05, 4.69) is 0 Å². The Bertz CT molecular complexity index is 446. The molecule has 0 bridgehead atoms. The summed E-state index contributed by atoms with van der Waals surface area (Å²) in [4.78, 5) is 21.8. The van der Waals surface area contributed by atoms with Crippen molar-refractivity contribution < 1.29 is 14.3 Å². The molecule has 4 nitrogen and oxygen atoms in total. The maximum Gasteiger partial charge on any atom is 0.255 e. The Morgan fingerprint density at radius 1 is 1.31 bits per heavy atom. The van der Waals surface area contributed by atoms with Crippen LogP contribution < -0.4 is 10.5 Å². The molecule has 0 atom stereocenters. The third-order valence-corrected chi connectivity index (χ3v) is 2.49. The molecule has 0 spiro atoms. The summed E-state index contributed by atoms with van der Waals surface area (Å²) >= 11 is 11.5. The number of benzene rings is 1. The van der Waals surface area contributed by atoms with Crippen LogP contribution in [0.2, 0.25) is 10.0 Å². The lowest BCUT2D eigenvalue weighted by molar-refractivity contribution is -0.119. The molecule has 0 aliphatic carbocycles. The second-order valence-electron chi connectivity index (χ2n) is 3.07. The van der Waals surface area contributed by atoms with E-state index in [0.29, 0.717) is 0 Å². The topological polar surface area (TPSA) is 69.4 Å². The number of Topliss-reactive ketones (excluding diaryl/α,β-unsaturated/α-hetero) is 1. The SMILES string of the molecule is CC(=O)c1cc(Cl)c(Cl)cc1OCC(N)=O. The van der Waals surface area contributed by atoms with Crippen LogP contribution in [0, 0.1) is 0 Å². The number of ether oxygens (including phenoxy) is 1. The Kier molecular flexibility index (Phi) is 4.15. The molecule has 1 amide bonds. The summed E-state index contributed by atoms with van der Waals surface area (Å²) in [6, 6.07) is 2.77. The maximum absolute atomic E-state index is 11.3. The van der Waals surface area contributed by atoms with Crippen molar-refractivity contribution in [3.63, 3.8) is 0 Å². The van der Waals surface area contributed by atoms with E-state index in [1.807, 2.05) is 0 Å². The van der Waals surface area contributed by atoms with Crippen molar-refractivity contribution in [3.8, 4) is 5.75 Å². The van der Waals surface area contributed by atoms with E-state index >= 15 is 0 Å². The molecule has 0 aromatic heterocycles. The zero-order valence-electron chi connectivity index (χ0n) is 8.42. The van der Waals surface area contributed by atoms with Crippen molar-refractivity contribution in [2.45, 2.75) is 6.92 Å². The van der Waals surface area contributed by atoms with Crippen molar-refractivity contribution >= 4 is 34.9 Å². The Hall–Kier alpha value is -1.26.